The molecule has 0 fully saturated rings. The maximum atomic E-state index is 14.1. The maximum absolute atomic E-state index is 14.1. The largest absolute Gasteiger partial charge is 0.497 e. The zero-order valence-electron chi connectivity index (χ0n) is 30.8. The first kappa shape index (κ1) is 38.1. The third kappa shape index (κ3) is 8.38. The van der Waals surface area contributed by atoms with Crippen LogP contribution in [0.15, 0.2) is 156 Å². The Bertz CT molecular complexity index is 2540. The van der Waals surface area contributed by atoms with E-state index in [0.717, 1.165) is 0 Å². The van der Waals surface area contributed by atoms with Gasteiger partial charge in [0.2, 0.25) is 5.91 Å². The molecule has 0 saturated carbocycles. The van der Waals surface area contributed by atoms with Crippen molar-refractivity contribution in [3.63, 3.8) is 0 Å². The van der Waals surface area contributed by atoms with Crippen molar-refractivity contribution in [1.29, 1.82) is 0 Å². The van der Waals surface area contributed by atoms with Crippen LogP contribution >= 0.6 is 11.8 Å². The third-order valence-corrected chi connectivity index (χ3v) is 10.5. The molecule has 1 aliphatic rings. The molecule has 0 bridgehead atoms. The summed E-state index contributed by atoms with van der Waals surface area (Å²) >= 11 is 1.28. The molecule has 7 rings (SSSR count). The molecule has 6 aromatic carbocycles. The van der Waals surface area contributed by atoms with E-state index in [1.807, 2.05) is 30.3 Å². The topological polar surface area (TPSA) is 140 Å². The van der Waals surface area contributed by atoms with Crippen LogP contribution in [-0.4, -0.2) is 43.5 Å². The normalized spacial score (nSPS) is 12.4. The lowest BCUT2D eigenvalue weighted by molar-refractivity contribution is -0.116. The van der Waals surface area contributed by atoms with Gasteiger partial charge in [0, 0.05) is 44.5 Å². The number of benzene rings is 6. The summed E-state index contributed by atoms with van der Waals surface area (Å²) in [5.41, 5.74) is 3.29. The second kappa shape index (κ2) is 17.1. The highest BCUT2D eigenvalue weighted by Gasteiger charge is 2.33. The average molecular weight is 774 g/mol. The first-order valence-electron chi connectivity index (χ1n) is 17.8. The molecule has 0 heterocycles. The average Bonchev–Trinajstić information content (AvgIpc) is 3.25. The highest BCUT2D eigenvalue weighted by Crippen LogP contribution is 2.38. The first-order chi connectivity index (χ1) is 27.7. The van der Waals surface area contributed by atoms with E-state index in [0.29, 0.717) is 49.9 Å². The summed E-state index contributed by atoms with van der Waals surface area (Å²) in [6.45, 7) is 0. The zero-order chi connectivity index (χ0) is 39.9. The first-order valence-corrected chi connectivity index (χ1v) is 18.7. The van der Waals surface area contributed by atoms with Crippen molar-refractivity contribution in [2.45, 2.75) is 10.1 Å². The number of hydrogen-bond donors (Lipinski definition) is 3. The maximum Gasteiger partial charge on any atom is 0.272 e. The van der Waals surface area contributed by atoms with Crippen molar-refractivity contribution in [1.82, 2.24) is 5.32 Å². The van der Waals surface area contributed by atoms with Crippen molar-refractivity contribution in [3.8, 4) is 11.5 Å². The predicted molar refractivity (Wildman–Crippen MR) is 220 cm³/mol. The monoisotopic (exact) mass is 773 g/mol. The fourth-order valence-electron chi connectivity index (χ4n) is 6.34. The number of rotatable bonds is 12. The van der Waals surface area contributed by atoms with Crippen molar-refractivity contribution in [2.24, 2.45) is 0 Å². The molecule has 6 aromatic rings. The van der Waals surface area contributed by atoms with Crippen LogP contribution in [0.2, 0.25) is 0 Å². The lowest BCUT2D eigenvalue weighted by atomic mass is 9.83. The van der Waals surface area contributed by atoms with Gasteiger partial charge in [-0.2, -0.15) is 0 Å². The Balaban J connectivity index is 1.12. The minimum absolute atomic E-state index is 0.0293. The Kier molecular flexibility index (Phi) is 11.4. The highest BCUT2D eigenvalue weighted by molar-refractivity contribution is 8.00. The van der Waals surface area contributed by atoms with E-state index >= 15 is 0 Å². The number of methoxy groups -OCH3 is 2. The van der Waals surface area contributed by atoms with Gasteiger partial charge >= 0.3 is 0 Å². The van der Waals surface area contributed by atoms with Gasteiger partial charge in [0.15, 0.2) is 11.6 Å². The zero-order valence-corrected chi connectivity index (χ0v) is 31.6. The second-order valence-corrected chi connectivity index (χ2v) is 14.0. The molecule has 3 N–H and O–H groups in total. The minimum Gasteiger partial charge on any atom is -0.497 e. The molecule has 1 atom stereocenters. The quantitative estimate of drug-likeness (QED) is 0.0832. The SMILES string of the molecule is COc1ccc(/C=C(\NC(=O)c2ccccc2)C(=O)Nc2ccc(SC(C(=O)Nc3cccc4c3C(=O)c3ccccc3C4=O)c3ccccc3)cc2)c(OC)c1. The van der Waals surface area contributed by atoms with Gasteiger partial charge in [0.05, 0.1) is 25.5 Å². The fraction of sp³-hybridized carbons (Fsp3) is 0.0652. The summed E-state index contributed by atoms with van der Waals surface area (Å²) in [5, 5.41) is 7.77. The molecule has 11 heteroatoms. The number of amides is 3. The van der Waals surface area contributed by atoms with Crippen molar-refractivity contribution in [3.05, 3.63) is 190 Å². The molecule has 3 amide bonds. The number of carbonyl (C=O) groups is 5. The van der Waals surface area contributed by atoms with Gasteiger partial charge in [-0.25, -0.2) is 0 Å². The molecule has 0 aromatic heterocycles. The number of nitrogens with one attached hydrogen (secondary N) is 3. The lowest BCUT2D eigenvalue weighted by Gasteiger charge is -2.22. The molecular formula is C46H35N3O7S. The van der Waals surface area contributed by atoms with Crippen LogP contribution in [0.1, 0.15) is 58.6 Å². The fourth-order valence-corrected chi connectivity index (χ4v) is 7.36. The van der Waals surface area contributed by atoms with Gasteiger partial charge in [-0.1, -0.05) is 84.9 Å². The molecule has 0 spiro atoms. The van der Waals surface area contributed by atoms with Gasteiger partial charge < -0.3 is 25.4 Å². The van der Waals surface area contributed by atoms with E-state index in [2.05, 4.69) is 16.0 Å². The number of carbonyl (C=O) groups excluding carboxylic acids is 5. The Morgan fingerprint density at radius 1 is 0.649 bits per heavy atom. The summed E-state index contributed by atoms with van der Waals surface area (Å²) < 4.78 is 10.8. The molecule has 0 radical (unpaired) electrons. The van der Waals surface area contributed by atoms with E-state index in [9.17, 15) is 24.0 Å². The van der Waals surface area contributed by atoms with Gasteiger partial charge in [0.25, 0.3) is 11.8 Å². The summed E-state index contributed by atoms with van der Waals surface area (Å²) in [6.07, 6.45) is 1.52. The van der Waals surface area contributed by atoms with E-state index in [4.69, 9.17) is 9.47 Å². The molecule has 10 nitrogen and oxygen atoms in total. The van der Waals surface area contributed by atoms with Gasteiger partial charge in [-0.3, -0.25) is 24.0 Å². The molecular weight excluding hydrogens is 739 g/mol. The molecule has 282 valence electrons. The Hall–Kier alpha value is -7.24. The van der Waals surface area contributed by atoms with Crippen molar-refractivity contribution < 1.29 is 33.4 Å². The molecule has 0 saturated heterocycles. The molecule has 1 unspecified atom stereocenters. The lowest BCUT2D eigenvalue weighted by Crippen LogP contribution is -2.30. The summed E-state index contributed by atoms with van der Waals surface area (Å²) in [5.74, 6) is -1.07. The van der Waals surface area contributed by atoms with Gasteiger partial charge in [-0.15, -0.1) is 11.8 Å². The summed E-state index contributed by atoms with van der Waals surface area (Å²) in [4.78, 5) is 68.7. The van der Waals surface area contributed by atoms with Crippen LogP contribution in [0.25, 0.3) is 6.08 Å². The third-order valence-electron chi connectivity index (χ3n) is 9.19. The van der Waals surface area contributed by atoms with Crippen LogP contribution in [0.5, 0.6) is 11.5 Å². The van der Waals surface area contributed by atoms with Gasteiger partial charge in [-0.05, 0) is 66.2 Å². The smallest absolute Gasteiger partial charge is 0.272 e. The highest BCUT2D eigenvalue weighted by atomic mass is 32.2. The standard InChI is InChI=1S/C46H35N3O7S/c1-55-32-23-20-30(39(27-32)56-2)26-38(49-44(52)29-14-7-4-8-15-29)45(53)47-31-21-24-33(25-22-31)57-43(28-12-5-3-6-13-28)46(54)48-37-19-11-18-36-40(37)42(51)35-17-10-9-16-34(35)41(36)50/h3-27,43H,1-2H3,(H,47,53)(H,48,54)(H,49,52)/b38-26-. The van der Waals surface area contributed by atoms with Crippen LogP contribution in [0.3, 0.4) is 0 Å². The number of ether oxygens (including phenoxy) is 2. The Morgan fingerprint density at radius 2 is 1.30 bits per heavy atom. The molecule has 57 heavy (non-hydrogen) atoms. The van der Waals surface area contributed by atoms with E-state index in [-0.39, 0.29) is 34.1 Å². The van der Waals surface area contributed by atoms with Crippen LogP contribution < -0.4 is 25.4 Å². The summed E-state index contributed by atoms with van der Waals surface area (Å²) in [6, 6.07) is 41.3. The van der Waals surface area contributed by atoms with Crippen molar-refractivity contribution >= 4 is 58.5 Å². The Morgan fingerprint density at radius 3 is 1.98 bits per heavy atom. The summed E-state index contributed by atoms with van der Waals surface area (Å²) in [7, 11) is 3.03. The van der Waals surface area contributed by atoms with E-state index in [1.165, 1.54) is 32.1 Å². The van der Waals surface area contributed by atoms with Crippen molar-refractivity contribution in [2.75, 3.05) is 24.9 Å². The van der Waals surface area contributed by atoms with Crippen LogP contribution in [0.4, 0.5) is 11.4 Å². The number of anilines is 2. The number of ketones is 2. The second-order valence-electron chi connectivity index (χ2n) is 12.8. The van der Waals surface area contributed by atoms with E-state index in [1.54, 1.807) is 115 Å². The van der Waals surface area contributed by atoms with Crippen LogP contribution in [-0.2, 0) is 9.59 Å². The van der Waals surface area contributed by atoms with E-state index < -0.39 is 23.0 Å². The number of thioether (sulfide) groups is 1. The van der Waals surface area contributed by atoms with Crippen LogP contribution in [0, 0.1) is 0 Å². The predicted octanol–water partition coefficient (Wildman–Crippen LogP) is 8.36. The Labute approximate surface area is 332 Å². The molecule has 1 aliphatic carbocycles. The number of fused-ring (bicyclic) bond motifs is 2. The molecule has 0 aliphatic heterocycles. The minimum atomic E-state index is -0.758. The number of hydrogen-bond acceptors (Lipinski definition) is 8. The van der Waals surface area contributed by atoms with Gasteiger partial charge in [0.1, 0.15) is 22.4 Å².